The molecule has 0 saturated heterocycles. The van der Waals surface area contributed by atoms with Gasteiger partial charge in [0.15, 0.2) is 5.78 Å². The molecule has 1 aromatic carbocycles. The molecule has 1 atom stereocenters. The number of hydrogen-bond acceptors (Lipinski definition) is 4. The number of ketones is 1. The molecule has 108 valence electrons. The number of hydrogen-bond donors (Lipinski definition) is 1. The van der Waals surface area contributed by atoms with Crippen LogP contribution in [0.3, 0.4) is 0 Å². The maximum atomic E-state index is 11.9. The Kier molecular flexibility index (Phi) is 3.77. The molecule has 4 nitrogen and oxygen atoms in total. The van der Waals surface area contributed by atoms with Crippen LogP contribution < -0.4 is 10.1 Å². The Morgan fingerprint density at radius 2 is 2.00 bits per heavy atom. The highest BCUT2D eigenvalue weighted by Gasteiger charge is 2.24. The van der Waals surface area contributed by atoms with Crippen LogP contribution in [-0.4, -0.2) is 12.9 Å². The van der Waals surface area contributed by atoms with Crippen molar-refractivity contribution in [2.24, 2.45) is 0 Å². The molecule has 1 aliphatic carbocycles. The van der Waals surface area contributed by atoms with Crippen molar-refractivity contribution in [2.75, 3.05) is 12.4 Å². The van der Waals surface area contributed by atoms with Gasteiger partial charge in [-0.15, -0.1) is 0 Å². The highest BCUT2D eigenvalue weighted by molar-refractivity contribution is 5.92. The van der Waals surface area contributed by atoms with E-state index in [1.54, 1.807) is 19.4 Å². The Bertz CT molecular complexity index is 641. The first-order chi connectivity index (χ1) is 10.2. The predicted octanol–water partition coefficient (Wildman–Crippen LogP) is 3.73. The number of furan rings is 1. The van der Waals surface area contributed by atoms with E-state index in [-0.39, 0.29) is 11.7 Å². The molecule has 1 aliphatic rings. The lowest BCUT2D eigenvalue weighted by atomic mass is 9.89. The Morgan fingerprint density at radius 1 is 1.19 bits per heavy atom. The van der Waals surface area contributed by atoms with Gasteiger partial charge in [0.05, 0.1) is 13.4 Å². The van der Waals surface area contributed by atoms with Gasteiger partial charge >= 0.3 is 0 Å². The lowest BCUT2D eigenvalue weighted by molar-refractivity contribution is -0.115. The summed E-state index contributed by atoms with van der Waals surface area (Å²) in [5.74, 6) is 1.91. The fourth-order valence-corrected chi connectivity index (χ4v) is 2.56. The maximum Gasteiger partial charge on any atom is 0.158 e. The van der Waals surface area contributed by atoms with E-state index in [4.69, 9.17) is 9.15 Å². The quantitative estimate of drug-likeness (QED) is 0.929. The number of ether oxygens (including phenoxy) is 1. The van der Waals surface area contributed by atoms with Crippen LogP contribution in [0.15, 0.2) is 58.9 Å². The van der Waals surface area contributed by atoms with E-state index in [0.29, 0.717) is 6.42 Å². The van der Waals surface area contributed by atoms with Crippen LogP contribution in [0.4, 0.5) is 5.69 Å². The fraction of sp³-hybridized carbons (Fsp3) is 0.235. The molecule has 0 amide bonds. The van der Waals surface area contributed by atoms with Gasteiger partial charge in [-0.1, -0.05) is 0 Å². The Morgan fingerprint density at radius 3 is 2.67 bits per heavy atom. The zero-order valence-electron chi connectivity index (χ0n) is 11.8. The minimum Gasteiger partial charge on any atom is -0.497 e. The molecule has 0 fully saturated rings. The van der Waals surface area contributed by atoms with Crippen molar-refractivity contribution in [1.82, 2.24) is 0 Å². The van der Waals surface area contributed by atoms with E-state index in [2.05, 4.69) is 5.32 Å². The van der Waals surface area contributed by atoms with Crippen LogP contribution >= 0.6 is 0 Å². The summed E-state index contributed by atoms with van der Waals surface area (Å²) in [4.78, 5) is 11.9. The van der Waals surface area contributed by atoms with E-state index in [9.17, 15) is 4.79 Å². The monoisotopic (exact) mass is 283 g/mol. The molecule has 1 N–H and O–H groups in total. The van der Waals surface area contributed by atoms with Crippen LogP contribution in [0.25, 0.3) is 0 Å². The molecule has 1 aromatic heterocycles. The average Bonchev–Trinajstić information content (AvgIpc) is 3.02. The van der Waals surface area contributed by atoms with Crippen LogP contribution in [0.1, 0.15) is 24.5 Å². The van der Waals surface area contributed by atoms with Gasteiger partial charge in [-0.2, -0.15) is 0 Å². The summed E-state index contributed by atoms with van der Waals surface area (Å²) in [5.41, 5.74) is 1.85. The summed E-state index contributed by atoms with van der Waals surface area (Å²) in [5, 5.41) is 3.30. The van der Waals surface area contributed by atoms with Gasteiger partial charge in [-0.25, -0.2) is 0 Å². The molecule has 3 rings (SSSR count). The first kappa shape index (κ1) is 13.5. The van der Waals surface area contributed by atoms with Crippen molar-refractivity contribution < 1.29 is 13.9 Å². The molecule has 21 heavy (non-hydrogen) atoms. The summed E-state index contributed by atoms with van der Waals surface area (Å²) < 4.78 is 10.6. The van der Waals surface area contributed by atoms with Gasteiger partial charge in [0.1, 0.15) is 11.5 Å². The average molecular weight is 283 g/mol. The fourth-order valence-electron chi connectivity index (χ4n) is 2.56. The van der Waals surface area contributed by atoms with Crippen molar-refractivity contribution in [3.05, 3.63) is 60.2 Å². The third-order valence-corrected chi connectivity index (χ3v) is 3.59. The first-order valence-corrected chi connectivity index (χ1v) is 6.92. The van der Waals surface area contributed by atoms with Gasteiger partial charge < -0.3 is 14.5 Å². The van der Waals surface area contributed by atoms with Gasteiger partial charge in [0, 0.05) is 29.8 Å². The smallest absolute Gasteiger partial charge is 0.158 e. The second kappa shape index (κ2) is 5.87. The molecule has 0 bridgehead atoms. The zero-order valence-corrected chi connectivity index (χ0v) is 11.8. The van der Waals surface area contributed by atoms with Crippen molar-refractivity contribution in [3.8, 4) is 5.75 Å². The largest absolute Gasteiger partial charge is 0.497 e. The van der Waals surface area contributed by atoms with E-state index in [0.717, 1.165) is 29.3 Å². The number of benzene rings is 1. The standard InChI is InChI=1S/C17H17NO3/c1-20-16-6-4-13(5-7-16)18-14-9-12(10-15(19)11-14)17-3-2-8-21-17/h2-8,11-12,18H,9-10H2,1H3. The lowest BCUT2D eigenvalue weighted by Gasteiger charge is -2.21. The second-order valence-corrected chi connectivity index (χ2v) is 5.11. The molecule has 0 radical (unpaired) electrons. The number of nitrogens with one attached hydrogen (secondary N) is 1. The third kappa shape index (κ3) is 3.16. The Hall–Kier alpha value is -2.49. The Balaban J connectivity index is 1.73. The van der Waals surface area contributed by atoms with Crippen LogP contribution in [0, 0.1) is 0 Å². The number of allylic oxidation sites excluding steroid dienone is 2. The van der Waals surface area contributed by atoms with Crippen LogP contribution in [0.5, 0.6) is 5.75 Å². The highest BCUT2D eigenvalue weighted by atomic mass is 16.5. The van der Waals surface area contributed by atoms with Crippen LogP contribution in [0.2, 0.25) is 0 Å². The summed E-state index contributed by atoms with van der Waals surface area (Å²) in [6.45, 7) is 0. The van der Waals surface area contributed by atoms with E-state index >= 15 is 0 Å². The van der Waals surface area contributed by atoms with Crippen molar-refractivity contribution >= 4 is 11.5 Å². The summed E-state index contributed by atoms with van der Waals surface area (Å²) in [7, 11) is 1.64. The maximum absolute atomic E-state index is 11.9. The summed E-state index contributed by atoms with van der Waals surface area (Å²) in [6, 6.07) is 11.4. The molecule has 4 heteroatoms. The number of carbonyl (C=O) groups is 1. The number of anilines is 1. The molecular weight excluding hydrogens is 266 g/mol. The molecule has 0 aliphatic heterocycles. The van der Waals surface area contributed by atoms with Crippen molar-refractivity contribution in [1.29, 1.82) is 0 Å². The van der Waals surface area contributed by atoms with Gasteiger partial charge in [0.25, 0.3) is 0 Å². The van der Waals surface area contributed by atoms with Gasteiger partial charge in [0.2, 0.25) is 0 Å². The minimum atomic E-state index is 0.109. The summed E-state index contributed by atoms with van der Waals surface area (Å²) >= 11 is 0. The minimum absolute atomic E-state index is 0.109. The topological polar surface area (TPSA) is 51.5 Å². The normalized spacial score (nSPS) is 18.2. The number of methoxy groups -OCH3 is 1. The number of carbonyl (C=O) groups excluding carboxylic acids is 1. The lowest BCUT2D eigenvalue weighted by Crippen LogP contribution is -2.16. The van der Waals surface area contributed by atoms with Crippen LogP contribution in [-0.2, 0) is 4.79 Å². The zero-order chi connectivity index (χ0) is 14.7. The molecule has 2 aromatic rings. The molecule has 0 spiro atoms. The van der Waals surface area contributed by atoms with E-state index in [1.807, 2.05) is 36.4 Å². The van der Waals surface area contributed by atoms with E-state index in [1.165, 1.54) is 0 Å². The third-order valence-electron chi connectivity index (χ3n) is 3.59. The van der Waals surface area contributed by atoms with Crippen molar-refractivity contribution in [2.45, 2.75) is 18.8 Å². The molecule has 1 heterocycles. The summed E-state index contributed by atoms with van der Waals surface area (Å²) in [6.07, 6.45) is 4.60. The number of rotatable bonds is 4. The van der Waals surface area contributed by atoms with Gasteiger partial charge in [-0.3, -0.25) is 4.79 Å². The Labute approximate surface area is 123 Å². The van der Waals surface area contributed by atoms with Crippen molar-refractivity contribution in [3.63, 3.8) is 0 Å². The predicted molar refractivity (Wildman–Crippen MR) is 80.4 cm³/mol. The SMILES string of the molecule is COc1ccc(NC2=CC(=O)CC(c3ccco3)C2)cc1. The first-order valence-electron chi connectivity index (χ1n) is 6.92. The second-order valence-electron chi connectivity index (χ2n) is 5.11. The molecular formula is C17H17NO3. The highest BCUT2D eigenvalue weighted by Crippen LogP contribution is 2.32. The van der Waals surface area contributed by atoms with E-state index < -0.39 is 0 Å². The molecule has 1 unspecified atom stereocenters. The molecule has 0 saturated carbocycles. The van der Waals surface area contributed by atoms with Gasteiger partial charge in [-0.05, 0) is 42.8 Å².